The average molecular weight is 903 g/mol. The Kier molecular flexibility index (Phi) is 17.6. The summed E-state index contributed by atoms with van der Waals surface area (Å²) in [5, 5.41) is 0. The first-order valence-electron chi connectivity index (χ1n) is 25.3. The van der Waals surface area contributed by atoms with Crippen LogP contribution in [0.3, 0.4) is 0 Å². The standard InChI is InChI=1S/C60H86O6/c1-17-24-63-53-40-28-42-34-49(58(8,9)10)36-44(54(42)64-25-18-2)30-46-38-51(60(14,15)16)39-47(56(46)66-27-22-21-23-52(61)62-20-4)31-45-37-50(59(11,12)13)35-43(55(45)65-26-19-3)29-41(53)33-48(32-40)57(5,6)7/h32-39H,17-31H2,1-16H3. The van der Waals surface area contributed by atoms with Crippen LogP contribution < -0.4 is 18.9 Å². The normalized spacial score (nSPS) is 13.3. The summed E-state index contributed by atoms with van der Waals surface area (Å²) in [6.45, 7) is 38.9. The van der Waals surface area contributed by atoms with Gasteiger partial charge in [-0.05, 0) is 127 Å². The number of carbonyl (C=O) groups excluding carboxylic acids is 1. The molecule has 8 bridgehead atoms. The smallest absolute Gasteiger partial charge is 0.305 e. The van der Waals surface area contributed by atoms with Crippen LogP contribution in [0, 0.1) is 0 Å². The number of ether oxygens (including phenoxy) is 5. The highest BCUT2D eigenvalue weighted by molar-refractivity contribution is 5.69. The van der Waals surface area contributed by atoms with Gasteiger partial charge >= 0.3 is 5.97 Å². The SMILES string of the molecule is CCCOc1c2cc(C(C)(C)C)cc1Cc1cc(C(C)(C)C)cc(c1OCCC)Cc1cc(C(C)(C)C)cc(c1OCCCCC(=O)OCC)Cc1cc(C(C)(C)C)cc(c1OCCC)C2. The second-order valence-electron chi connectivity index (χ2n) is 22.9. The Balaban J connectivity index is 1.95. The van der Waals surface area contributed by atoms with E-state index in [4.69, 9.17) is 23.7 Å². The summed E-state index contributed by atoms with van der Waals surface area (Å²) in [6.07, 6.45) is 7.10. The lowest BCUT2D eigenvalue weighted by Crippen LogP contribution is -2.18. The molecule has 0 spiro atoms. The summed E-state index contributed by atoms with van der Waals surface area (Å²) in [6, 6.07) is 19.2. The monoisotopic (exact) mass is 903 g/mol. The minimum atomic E-state index is -0.158. The van der Waals surface area contributed by atoms with Crippen molar-refractivity contribution in [2.45, 2.75) is 197 Å². The van der Waals surface area contributed by atoms with Gasteiger partial charge in [-0.2, -0.15) is 0 Å². The van der Waals surface area contributed by atoms with Gasteiger partial charge in [-0.3, -0.25) is 4.79 Å². The third-order valence-corrected chi connectivity index (χ3v) is 12.6. The van der Waals surface area contributed by atoms with E-state index in [9.17, 15) is 4.79 Å². The molecule has 0 aromatic heterocycles. The zero-order valence-corrected chi connectivity index (χ0v) is 44.2. The minimum Gasteiger partial charge on any atom is -0.493 e. The predicted octanol–water partition coefficient (Wildman–Crippen LogP) is 15.0. The van der Waals surface area contributed by atoms with E-state index >= 15 is 0 Å². The van der Waals surface area contributed by atoms with Crippen LogP contribution in [-0.2, 0) is 56.9 Å². The first kappa shape index (κ1) is 52.5. The van der Waals surface area contributed by atoms with Crippen molar-refractivity contribution in [2.75, 3.05) is 33.0 Å². The summed E-state index contributed by atoms with van der Waals surface area (Å²) in [5.74, 6) is 3.65. The second kappa shape index (κ2) is 22.1. The Morgan fingerprint density at radius 1 is 0.394 bits per heavy atom. The first-order valence-corrected chi connectivity index (χ1v) is 25.3. The third-order valence-electron chi connectivity index (χ3n) is 12.6. The number of fused-ring (bicyclic) bond motifs is 8. The van der Waals surface area contributed by atoms with Crippen LogP contribution >= 0.6 is 0 Å². The minimum absolute atomic E-state index is 0.101. The molecule has 0 unspecified atom stereocenters. The Morgan fingerprint density at radius 2 is 0.636 bits per heavy atom. The van der Waals surface area contributed by atoms with Gasteiger partial charge in [-0.25, -0.2) is 0 Å². The Labute approximate surface area is 400 Å². The maximum atomic E-state index is 12.3. The zero-order valence-electron chi connectivity index (χ0n) is 44.2. The summed E-state index contributed by atoms with van der Waals surface area (Å²) >= 11 is 0. The van der Waals surface area contributed by atoms with Crippen molar-refractivity contribution < 1.29 is 28.5 Å². The van der Waals surface area contributed by atoms with E-state index in [1.807, 2.05) is 6.92 Å². The fraction of sp³-hybridized carbons (Fsp3) is 0.583. The lowest BCUT2D eigenvalue weighted by atomic mass is 9.79. The van der Waals surface area contributed by atoms with Gasteiger partial charge < -0.3 is 23.7 Å². The fourth-order valence-corrected chi connectivity index (χ4v) is 8.75. The molecule has 1 aliphatic rings. The van der Waals surface area contributed by atoms with Crippen LogP contribution in [0.4, 0.5) is 0 Å². The van der Waals surface area contributed by atoms with Crippen molar-refractivity contribution in [1.29, 1.82) is 0 Å². The molecule has 1 aliphatic carbocycles. The van der Waals surface area contributed by atoms with E-state index in [1.165, 1.54) is 44.5 Å². The van der Waals surface area contributed by atoms with Crippen molar-refractivity contribution in [3.63, 3.8) is 0 Å². The molecule has 0 saturated heterocycles. The number of hydrogen-bond acceptors (Lipinski definition) is 6. The van der Waals surface area contributed by atoms with Gasteiger partial charge in [-0.1, -0.05) is 152 Å². The molecule has 0 saturated carbocycles. The number of rotatable bonds is 16. The van der Waals surface area contributed by atoms with Crippen molar-refractivity contribution in [1.82, 2.24) is 0 Å². The Hall–Kier alpha value is -4.45. The van der Waals surface area contributed by atoms with Gasteiger partial charge in [0, 0.05) is 32.1 Å². The highest BCUT2D eigenvalue weighted by atomic mass is 16.5. The van der Waals surface area contributed by atoms with Crippen LogP contribution in [-0.4, -0.2) is 39.0 Å². The zero-order chi connectivity index (χ0) is 48.6. The Bertz CT molecular complexity index is 2150. The number of unbranched alkanes of at least 4 members (excludes halogenated alkanes) is 1. The van der Waals surface area contributed by atoms with E-state index in [1.54, 1.807) is 0 Å². The molecular formula is C60H86O6. The number of esters is 1. The molecule has 0 radical (unpaired) electrons. The maximum absolute atomic E-state index is 12.3. The van der Waals surface area contributed by atoms with E-state index in [0.29, 0.717) is 71.6 Å². The van der Waals surface area contributed by atoms with Gasteiger partial charge in [-0.15, -0.1) is 0 Å². The molecule has 0 aliphatic heterocycles. The molecule has 0 amide bonds. The van der Waals surface area contributed by atoms with Gasteiger partial charge in [0.15, 0.2) is 0 Å². The van der Waals surface area contributed by atoms with Gasteiger partial charge in [0.2, 0.25) is 0 Å². The topological polar surface area (TPSA) is 63.2 Å². The first-order chi connectivity index (χ1) is 31.0. The summed E-state index contributed by atoms with van der Waals surface area (Å²) in [5.41, 5.74) is 13.9. The molecule has 0 atom stereocenters. The molecule has 4 aromatic rings. The molecule has 362 valence electrons. The molecule has 0 N–H and O–H groups in total. The van der Waals surface area contributed by atoms with Crippen molar-refractivity contribution in [2.24, 2.45) is 0 Å². The highest BCUT2D eigenvalue weighted by Crippen LogP contribution is 2.44. The quantitative estimate of drug-likeness (QED) is 0.0726. The highest BCUT2D eigenvalue weighted by Gasteiger charge is 2.29. The number of carbonyl (C=O) groups is 1. The summed E-state index contributed by atoms with van der Waals surface area (Å²) in [7, 11) is 0. The average Bonchev–Trinajstić information content (AvgIpc) is 3.21. The Morgan fingerprint density at radius 3 is 0.848 bits per heavy atom. The van der Waals surface area contributed by atoms with Crippen molar-refractivity contribution >= 4 is 5.97 Å². The molecule has 5 rings (SSSR count). The molecule has 66 heavy (non-hydrogen) atoms. The third kappa shape index (κ3) is 13.6. The molecule has 0 fully saturated rings. The lowest BCUT2D eigenvalue weighted by Gasteiger charge is -2.29. The van der Waals surface area contributed by atoms with Crippen molar-refractivity contribution in [3.8, 4) is 23.0 Å². The van der Waals surface area contributed by atoms with Crippen LogP contribution in [0.25, 0.3) is 0 Å². The lowest BCUT2D eigenvalue weighted by molar-refractivity contribution is -0.143. The summed E-state index contributed by atoms with van der Waals surface area (Å²) in [4.78, 5) is 12.3. The van der Waals surface area contributed by atoms with Gasteiger partial charge in [0.05, 0.1) is 33.0 Å². The molecular weight excluding hydrogens is 817 g/mol. The number of hydrogen-bond donors (Lipinski definition) is 0. The van der Waals surface area contributed by atoms with E-state index < -0.39 is 0 Å². The molecule has 0 heterocycles. The predicted molar refractivity (Wildman–Crippen MR) is 275 cm³/mol. The van der Waals surface area contributed by atoms with Crippen molar-refractivity contribution in [3.05, 3.63) is 115 Å². The van der Waals surface area contributed by atoms with E-state index in [-0.39, 0.29) is 27.6 Å². The molecule has 6 heteroatoms. The van der Waals surface area contributed by atoms with Crippen LogP contribution in [0.1, 0.15) is 216 Å². The summed E-state index contributed by atoms with van der Waals surface area (Å²) < 4.78 is 33.3. The fourth-order valence-electron chi connectivity index (χ4n) is 8.75. The van der Waals surface area contributed by atoms with Gasteiger partial charge in [0.1, 0.15) is 23.0 Å². The maximum Gasteiger partial charge on any atom is 0.305 e. The molecule has 4 aromatic carbocycles. The van der Waals surface area contributed by atoms with Gasteiger partial charge in [0.25, 0.3) is 0 Å². The van der Waals surface area contributed by atoms with Crippen LogP contribution in [0.15, 0.2) is 48.5 Å². The largest absolute Gasteiger partial charge is 0.493 e. The number of benzene rings is 4. The van der Waals surface area contributed by atoms with Crippen LogP contribution in [0.2, 0.25) is 0 Å². The van der Waals surface area contributed by atoms with Crippen LogP contribution in [0.5, 0.6) is 23.0 Å². The second-order valence-corrected chi connectivity index (χ2v) is 22.9. The van der Waals surface area contributed by atoms with E-state index in [2.05, 4.69) is 152 Å². The molecule has 6 nitrogen and oxygen atoms in total. The van der Waals surface area contributed by atoms with E-state index in [0.717, 1.165) is 70.9 Å².